The summed E-state index contributed by atoms with van der Waals surface area (Å²) in [7, 11) is 0. The molecule has 0 atom stereocenters. The van der Waals surface area contributed by atoms with Gasteiger partial charge in [0.15, 0.2) is 0 Å². The van der Waals surface area contributed by atoms with Crippen LogP contribution in [-0.4, -0.2) is 66.4 Å². The summed E-state index contributed by atoms with van der Waals surface area (Å²) in [6, 6.07) is 4.95. The van der Waals surface area contributed by atoms with Crippen LogP contribution in [0.2, 0.25) is 0 Å². The molecule has 7 heteroatoms. The Balaban J connectivity index is 1.66. The fraction of sp³-hybridized carbons (Fsp3) is 0.650. The number of hydrogen-bond donors (Lipinski definition) is 0. The molecule has 0 unspecified atom stereocenters. The fourth-order valence-corrected chi connectivity index (χ4v) is 3.83. The van der Waals surface area contributed by atoms with E-state index in [2.05, 4.69) is 18.7 Å². The second kappa shape index (κ2) is 8.69. The van der Waals surface area contributed by atoms with Crippen molar-refractivity contribution in [3.8, 4) is 0 Å². The summed E-state index contributed by atoms with van der Waals surface area (Å²) >= 11 is 0. The highest BCUT2D eigenvalue weighted by atomic mass is 16.6. The summed E-state index contributed by atoms with van der Waals surface area (Å²) < 4.78 is 0. The predicted octanol–water partition coefficient (Wildman–Crippen LogP) is 3.00. The quantitative estimate of drug-likeness (QED) is 0.565. The van der Waals surface area contributed by atoms with E-state index in [0.29, 0.717) is 30.3 Å². The third-order valence-electron chi connectivity index (χ3n) is 5.55. The maximum Gasteiger partial charge on any atom is 0.293 e. The number of rotatable bonds is 6. The molecule has 27 heavy (non-hydrogen) atoms. The second-order valence-corrected chi connectivity index (χ2v) is 7.97. The summed E-state index contributed by atoms with van der Waals surface area (Å²) in [4.78, 5) is 30.3. The first-order chi connectivity index (χ1) is 13.0. The number of benzene rings is 1. The number of piperazine rings is 1. The minimum atomic E-state index is -0.367. The van der Waals surface area contributed by atoms with Crippen LogP contribution >= 0.6 is 0 Å². The van der Waals surface area contributed by atoms with Gasteiger partial charge in [0.1, 0.15) is 5.69 Å². The van der Waals surface area contributed by atoms with Crippen LogP contribution in [0, 0.1) is 16.0 Å². The van der Waals surface area contributed by atoms with Crippen molar-refractivity contribution in [2.75, 3.05) is 50.7 Å². The minimum Gasteiger partial charge on any atom is -0.366 e. The van der Waals surface area contributed by atoms with Gasteiger partial charge in [0.25, 0.3) is 11.6 Å². The third-order valence-corrected chi connectivity index (χ3v) is 5.55. The van der Waals surface area contributed by atoms with E-state index in [4.69, 9.17) is 0 Å². The van der Waals surface area contributed by atoms with Crippen molar-refractivity contribution in [1.29, 1.82) is 0 Å². The van der Waals surface area contributed by atoms with Gasteiger partial charge < -0.3 is 9.80 Å². The molecular weight excluding hydrogens is 344 g/mol. The van der Waals surface area contributed by atoms with Gasteiger partial charge in [-0.2, -0.15) is 0 Å². The molecule has 3 rings (SSSR count). The SMILES string of the molecule is CC(C)CCN1CCN(C(=O)c2ccc(N3CCCC3)c([N+](=O)[O-])c2)CC1. The first-order valence-electron chi connectivity index (χ1n) is 10.0. The standard InChI is InChI=1S/C20H30N4O3/c1-16(2)7-10-21-11-13-23(14-12-21)20(25)17-5-6-18(19(15-17)24(26)27)22-8-3-4-9-22/h5-6,15-16H,3-4,7-14H2,1-2H3. The highest BCUT2D eigenvalue weighted by molar-refractivity contribution is 5.96. The van der Waals surface area contributed by atoms with Crippen LogP contribution in [0.1, 0.15) is 43.5 Å². The second-order valence-electron chi connectivity index (χ2n) is 7.97. The normalized spacial score (nSPS) is 18.3. The van der Waals surface area contributed by atoms with Crippen molar-refractivity contribution in [3.05, 3.63) is 33.9 Å². The van der Waals surface area contributed by atoms with Crippen LogP contribution in [-0.2, 0) is 0 Å². The molecule has 0 aliphatic carbocycles. The maximum atomic E-state index is 12.9. The number of carbonyl (C=O) groups excluding carboxylic acids is 1. The smallest absolute Gasteiger partial charge is 0.293 e. The Morgan fingerprint density at radius 1 is 1.11 bits per heavy atom. The molecule has 0 spiro atoms. The van der Waals surface area contributed by atoms with Gasteiger partial charge in [0, 0.05) is 50.9 Å². The van der Waals surface area contributed by atoms with Crippen molar-refractivity contribution in [3.63, 3.8) is 0 Å². The Hall–Kier alpha value is -2.15. The number of nitro groups is 1. The van der Waals surface area contributed by atoms with E-state index < -0.39 is 0 Å². The number of anilines is 1. The van der Waals surface area contributed by atoms with Crippen LogP contribution in [0.25, 0.3) is 0 Å². The zero-order valence-corrected chi connectivity index (χ0v) is 16.4. The van der Waals surface area contributed by atoms with Crippen LogP contribution in [0.3, 0.4) is 0 Å². The number of hydrogen-bond acceptors (Lipinski definition) is 5. The number of nitro benzene ring substituents is 1. The van der Waals surface area contributed by atoms with Gasteiger partial charge in [-0.3, -0.25) is 19.8 Å². The Labute approximate surface area is 161 Å². The molecule has 2 heterocycles. The molecule has 2 aliphatic rings. The molecule has 1 aromatic carbocycles. The fourth-order valence-electron chi connectivity index (χ4n) is 3.83. The lowest BCUT2D eigenvalue weighted by Gasteiger charge is -2.35. The summed E-state index contributed by atoms with van der Waals surface area (Å²) in [6.45, 7) is 10.3. The van der Waals surface area contributed by atoms with Gasteiger partial charge >= 0.3 is 0 Å². The van der Waals surface area contributed by atoms with Gasteiger partial charge in [0.2, 0.25) is 0 Å². The number of amides is 1. The van der Waals surface area contributed by atoms with E-state index in [1.165, 1.54) is 6.07 Å². The molecule has 0 bridgehead atoms. The highest BCUT2D eigenvalue weighted by Crippen LogP contribution is 2.32. The van der Waals surface area contributed by atoms with Gasteiger partial charge in [0.05, 0.1) is 4.92 Å². The minimum absolute atomic E-state index is 0.0401. The average Bonchev–Trinajstić information content (AvgIpc) is 3.20. The van der Waals surface area contributed by atoms with Crippen molar-refractivity contribution >= 4 is 17.3 Å². The predicted molar refractivity (Wildman–Crippen MR) is 106 cm³/mol. The lowest BCUT2D eigenvalue weighted by molar-refractivity contribution is -0.384. The summed E-state index contributed by atoms with van der Waals surface area (Å²) in [5, 5.41) is 11.5. The Kier molecular flexibility index (Phi) is 6.31. The van der Waals surface area contributed by atoms with Crippen molar-refractivity contribution in [2.24, 2.45) is 5.92 Å². The summed E-state index contributed by atoms with van der Waals surface area (Å²) in [5.74, 6) is 0.578. The molecule has 1 amide bonds. The largest absolute Gasteiger partial charge is 0.366 e. The van der Waals surface area contributed by atoms with Crippen molar-refractivity contribution in [2.45, 2.75) is 33.1 Å². The molecule has 2 aliphatic heterocycles. The van der Waals surface area contributed by atoms with Gasteiger partial charge in [-0.05, 0) is 43.9 Å². The molecule has 0 aromatic heterocycles. The lowest BCUT2D eigenvalue weighted by atomic mass is 10.1. The molecule has 148 valence electrons. The average molecular weight is 374 g/mol. The zero-order valence-electron chi connectivity index (χ0n) is 16.4. The first-order valence-corrected chi connectivity index (χ1v) is 10.0. The third kappa shape index (κ3) is 4.77. The molecular formula is C20H30N4O3. The molecule has 0 N–H and O–H groups in total. The number of carbonyl (C=O) groups is 1. The Morgan fingerprint density at radius 3 is 2.37 bits per heavy atom. The molecule has 0 radical (unpaired) electrons. The summed E-state index contributed by atoms with van der Waals surface area (Å²) in [5.41, 5.74) is 1.09. The molecule has 1 aromatic rings. The monoisotopic (exact) mass is 374 g/mol. The van der Waals surface area contributed by atoms with Crippen LogP contribution < -0.4 is 4.90 Å². The van der Waals surface area contributed by atoms with Crippen LogP contribution in [0.15, 0.2) is 18.2 Å². The molecule has 2 saturated heterocycles. The highest BCUT2D eigenvalue weighted by Gasteiger charge is 2.27. The summed E-state index contributed by atoms with van der Waals surface area (Å²) in [6.07, 6.45) is 3.27. The van der Waals surface area contributed by atoms with Gasteiger partial charge in [-0.25, -0.2) is 0 Å². The van der Waals surface area contributed by atoms with Crippen LogP contribution in [0.4, 0.5) is 11.4 Å². The van der Waals surface area contributed by atoms with E-state index >= 15 is 0 Å². The first kappa shape index (κ1) is 19.6. The molecule has 0 saturated carbocycles. The van der Waals surface area contributed by atoms with E-state index in [0.717, 1.165) is 52.0 Å². The van der Waals surface area contributed by atoms with Crippen molar-refractivity contribution < 1.29 is 9.72 Å². The van der Waals surface area contributed by atoms with Crippen LogP contribution in [0.5, 0.6) is 0 Å². The van der Waals surface area contributed by atoms with E-state index in [1.54, 1.807) is 12.1 Å². The number of nitrogens with zero attached hydrogens (tertiary/aromatic N) is 4. The molecule has 2 fully saturated rings. The molecule has 7 nitrogen and oxygen atoms in total. The van der Waals surface area contributed by atoms with Gasteiger partial charge in [-0.15, -0.1) is 0 Å². The zero-order chi connectivity index (χ0) is 19.4. The lowest BCUT2D eigenvalue weighted by Crippen LogP contribution is -2.49. The topological polar surface area (TPSA) is 69.9 Å². The Bertz CT molecular complexity index is 678. The van der Waals surface area contributed by atoms with Gasteiger partial charge in [-0.1, -0.05) is 13.8 Å². The van der Waals surface area contributed by atoms with Crippen molar-refractivity contribution in [1.82, 2.24) is 9.80 Å². The Morgan fingerprint density at radius 2 is 1.78 bits per heavy atom. The van der Waals surface area contributed by atoms with E-state index in [1.807, 2.05) is 9.80 Å². The maximum absolute atomic E-state index is 12.9. The van der Waals surface area contributed by atoms with E-state index in [-0.39, 0.29) is 16.5 Å². The van der Waals surface area contributed by atoms with E-state index in [9.17, 15) is 14.9 Å².